The first kappa shape index (κ1) is 10.8. The first-order valence-electron chi connectivity index (χ1n) is 4.48. The normalized spacial score (nSPS) is 12.5. The van der Waals surface area contributed by atoms with Gasteiger partial charge in [0.25, 0.3) is 0 Å². The minimum Gasteiger partial charge on any atom is -0.464 e. The van der Waals surface area contributed by atoms with Crippen molar-refractivity contribution in [2.75, 3.05) is 13.7 Å². The summed E-state index contributed by atoms with van der Waals surface area (Å²) in [4.78, 5) is 11.2. The molecule has 1 aromatic heterocycles. The number of amides is 1. The molecular weight excluding hydrogens is 182 g/mol. The van der Waals surface area contributed by atoms with Gasteiger partial charge in [-0.15, -0.1) is 0 Å². The van der Waals surface area contributed by atoms with Gasteiger partial charge in [-0.2, -0.15) is 0 Å². The summed E-state index contributed by atoms with van der Waals surface area (Å²) in [7, 11) is 1.49. The molecule has 0 bridgehead atoms. The van der Waals surface area contributed by atoms with Crippen molar-refractivity contribution < 1.29 is 13.9 Å². The maximum absolute atomic E-state index is 11.2. The molecule has 1 atom stereocenters. The summed E-state index contributed by atoms with van der Waals surface area (Å²) in [5.41, 5.74) is 0. The van der Waals surface area contributed by atoms with Crippen molar-refractivity contribution in [1.82, 2.24) is 5.32 Å². The number of rotatable bonds is 4. The molecule has 0 radical (unpaired) electrons. The van der Waals surface area contributed by atoms with Crippen LogP contribution in [-0.4, -0.2) is 19.6 Å². The molecular formula is C10H15NO3. The molecule has 0 aliphatic heterocycles. The Labute approximate surface area is 83.2 Å². The van der Waals surface area contributed by atoms with Gasteiger partial charge in [0.05, 0.1) is 6.04 Å². The second-order valence-corrected chi connectivity index (χ2v) is 3.17. The van der Waals surface area contributed by atoms with E-state index in [0.717, 1.165) is 11.5 Å². The fourth-order valence-corrected chi connectivity index (χ4v) is 1.17. The number of carbonyl (C=O) groups is 1. The van der Waals surface area contributed by atoms with Gasteiger partial charge in [0, 0.05) is 7.11 Å². The smallest absolute Gasteiger partial charge is 0.246 e. The van der Waals surface area contributed by atoms with Crippen molar-refractivity contribution in [3.8, 4) is 0 Å². The van der Waals surface area contributed by atoms with E-state index in [-0.39, 0.29) is 18.6 Å². The SMILES string of the molecule is COCC(=O)N[C@@H](C)c1ccc(C)o1. The van der Waals surface area contributed by atoms with E-state index >= 15 is 0 Å². The minimum atomic E-state index is -0.144. The van der Waals surface area contributed by atoms with Crippen molar-refractivity contribution >= 4 is 5.91 Å². The van der Waals surface area contributed by atoms with E-state index in [4.69, 9.17) is 9.15 Å². The lowest BCUT2D eigenvalue weighted by Crippen LogP contribution is -2.29. The van der Waals surface area contributed by atoms with E-state index in [1.165, 1.54) is 7.11 Å². The first-order chi connectivity index (χ1) is 6.63. The number of furan rings is 1. The van der Waals surface area contributed by atoms with Crippen LogP contribution < -0.4 is 5.32 Å². The Hall–Kier alpha value is -1.29. The van der Waals surface area contributed by atoms with Crippen LogP contribution in [0.5, 0.6) is 0 Å². The van der Waals surface area contributed by atoms with E-state index in [0.29, 0.717) is 0 Å². The molecule has 1 heterocycles. The lowest BCUT2D eigenvalue weighted by atomic mass is 10.2. The maximum Gasteiger partial charge on any atom is 0.246 e. The van der Waals surface area contributed by atoms with Gasteiger partial charge in [-0.1, -0.05) is 0 Å². The quantitative estimate of drug-likeness (QED) is 0.794. The van der Waals surface area contributed by atoms with Crippen LogP contribution in [0.15, 0.2) is 16.5 Å². The predicted molar refractivity (Wildman–Crippen MR) is 51.9 cm³/mol. The molecule has 1 amide bonds. The molecule has 1 aromatic rings. The molecule has 14 heavy (non-hydrogen) atoms. The van der Waals surface area contributed by atoms with Crippen LogP contribution >= 0.6 is 0 Å². The van der Waals surface area contributed by atoms with E-state index in [1.807, 2.05) is 26.0 Å². The molecule has 4 heteroatoms. The number of hydrogen-bond acceptors (Lipinski definition) is 3. The van der Waals surface area contributed by atoms with E-state index in [1.54, 1.807) is 0 Å². The van der Waals surface area contributed by atoms with Crippen LogP contribution in [0.3, 0.4) is 0 Å². The lowest BCUT2D eigenvalue weighted by molar-refractivity contribution is -0.125. The topological polar surface area (TPSA) is 51.5 Å². The van der Waals surface area contributed by atoms with Crippen LogP contribution in [0.2, 0.25) is 0 Å². The summed E-state index contributed by atoms with van der Waals surface area (Å²) in [6.45, 7) is 3.81. The standard InChI is InChI=1S/C10H15NO3/c1-7-4-5-9(14-7)8(2)11-10(12)6-13-3/h4-5,8H,6H2,1-3H3,(H,11,12)/t8-/m0/s1. The summed E-state index contributed by atoms with van der Waals surface area (Å²) in [5, 5.41) is 2.75. The predicted octanol–water partition coefficient (Wildman–Crippen LogP) is 1.41. The molecule has 0 aliphatic rings. The average molecular weight is 197 g/mol. The zero-order valence-corrected chi connectivity index (χ0v) is 8.66. The Bertz CT molecular complexity index is 306. The van der Waals surface area contributed by atoms with Gasteiger partial charge in [0.15, 0.2) is 0 Å². The van der Waals surface area contributed by atoms with Gasteiger partial charge in [-0.05, 0) is 26.0 Å². The number of nitrogens with one attached hydrogen (secondary N) is 1. The number of ether oxygens (including phenoxy) is 1. The highest BCUT2D eigenvalue weighted by Gasteiger charge is 2.11. The Morgan fingerprint density at radius 3 is 2.86 bits per heavy atom. The van der Waals surface area contributed by atoms with Crippen LogP contribution in [0, 0.1) is 6.92 Å². The zero-order chi connectivity index (χ0) is 10.6. The van der Waals surface area contributed by atoms with Gasteiger partial charge < -0.3 is 14.5 Å². The summed E-state index contributed by atoms with van der Waals surface area (Å²) in [5.74, 6) is 1.45. The summed E-state index contributed by atoms with van der Waals surface area (Å²) in [6.07, 6.45) is 0. The van der Waals surface area contributed by atoms with Crippen LogP contribution in [0.25, 0.3) is 0 Å². The summed E-state index contributed by atoms with van der Waals surface area (Å²) >= 11 is 0. The molecule has 1 rings (SSSR count). The van der Waals surface area contributed by atoms with Crippen molar-refractivity contribution in [1.29, 1.82) is 0 Å². The maximum atomic E-state index is 11.2. The number of carbonyl (C=O) groups excluding carboxylic acids is 1. The van der Waals surface area contributed by atoms with Crippen molar-refractivity contribution in [3.05, 3.63) is 23.7 Å². The second kappa shape index (κ2) is 4.81. The van der Waals surface area contributed by atoms with Crippen molar-refractivity contribution in [3.63, 3.8) is 0 Å². The highest BCUT2D eigenvalue weighted by molar-refractivity contribution is 5.77. The van der Waals surface area contributed by atoms with Gasteiger partial charge in [0.2, 0.25) is 5.91 Å². The Morgan fingerprint density at radius 2 is 2.36 bits per heavy atom. The molecule has 0 saturated carbocycles. The molecule has 1 N–H and O–H groups in total. The number of hydrogen-bond donors (Lipinski definition) is 1. The molecule has 0 fully saturated rings. The number of aryl methyl sites for hydroxylation is 1. The molecule has 4 nitrogen and oxygen atoms in total. The Kier molecular flexibility index (Phi) is 3.71. The fourth-order valence-electron chi connectivity index (χ4n) is 1.17. The lowest BCUT2D eigenvalue weighted by Gasteiger charge is -2.10. The second-order valence-electron chi connectivity index (χ2n) is 3.17. The summed E-state index contributed by atoms with van der Waals surface area (Å²) in [6, 6.07) is 3.60. The monoisotopic (exact) mass is 197 g/mol. The highest BCUT2D eigenvalue weighted by Crippen LogP contribution is 2.14. The van der Waals surface area contributed by atoms with Crippen LogP contribution in [0.1, 0.15) is 24.5 Å². The molecule has 0 unspecified atom stereocenters. The molecule has 78 valence electrons. The average Bonchev–Trinajstić information content (AvgIpc) is 2.52. The molecule has 0 spiro atoms. The van der Waals surface area contributed by atoms with Crippen molar-refractivity contribution in [2.24, 2.45) is 0 Å². The Balaban J connectivity index is 2.50. The van der Waals surface area contributed by atoms with Gasteiger partial charge in [-0.25, -0.2) is 0 Å². The molecule has 0 aromatic carbocycles. The van der Waals surface area contributed by atoms with E-state index in [2.05, 4.69) is 5.32 Å². The van der Waals surface area contributed by atoms with Gasteiger partial charge in [0.1, 0.15) is 18.1 Å². The van der Waals surface area contributed by atoms with Crippen LogP contribution in [-0.2, 0) is 9.53 Å². The zero-order valence-electron chi connectivity index (χ0n) is 8.66. The molecule has 0 aliphatic carbocycles. The summed E-state index contributed by atoms with van der Waals surface area (Å²) < 4.78 is 10.1. The minimum absolute atomic E-state index is 0.0734. The van der Waals surface area contributed by atoms with Gasteiger partial charge in [-0.3, -0.25) is 4.79 Å². The third-order valence-electron chi connectivity index (χ3n) is 1.84. The van der Waals surface area contributed by atoms with Crippen molar-refractivity contribution in [2.45, 2.75) is 19.9 Å². The van der Waals surface area contributed by atoms with E-state index < -0.39 is 0 Å². The fraction of sp³-hybridized carbons (Fsp3) is 0.500. The van der Waals surface area contributed by atoms with Gasteiger partial charge >= 0.3 is 0 Å². The third-order valence-corrected chi connectivity index (χ3v) is 1.84. The highest BCUT2D eigenvalue weighted by atomic mass is 16.5. The van der Waals surface area contributed by atoms with Crippen LogP contribution in [0.4, 0.5) is 0 Å². The third kappa shape index (κ3) is 2.88. The number of methoxy groups -OCH3 is 1. The largest absolute Gasteiger partial charge is 0.464 e. The Morgan fingerprint density at radius 1 is 1.64 bits per heavy atom. The van der Waals surface area contributed by atoms with E-state index in [9.17, 15) is 4.79 Å². The molecule has 0 saturated heterocycles. The first-order valence-corrected chi connectivity index (χ1v) is 4.48.